The smallest absolute Gasteiger partial charge is 0.239 e. The number of nitrogens with two attached hydrogens (primary N) is 1. The molecule has 106 valence electrons. The van der Waals surface area contributed by atoms with Gasteiger partial charge in [0, 0.05) is 32.2 Å². The zero-order chi connectivity index (χ0) is 13.7. The van der Waals surface area contributed by atoms with E-state index in [1.807, 2.05) is 4.90 Å². The largest absolute Gasteiger partial charge is 0.339 e. The van der Waals surface area contributed by atoms with E-state index in [1.165, 1.54) is 6.42 Å². The lowest BCUT2D eigenvalue weighted by atomic mass is 10.0. The van der Waals surface area contributed by atoms with Crippen molar-refractivity contribution in [1.82, 2.24) is 9.80 Å². The fourth-order valence-corrected chi connectivity index (χ4v) is 2.48. The molecule has 1 aliphatic heterocycles. The topological polar surface area (TPSA) is 49.6 Å². The number of amides is 1. The summed E-state index contributed by atoms with van der Waals surface area (Å²) in [5.41, 5.74) is 5.96. The van der Waals surface area contributed by atoms with E-state index in [0.717, 1.165) is 32.6 Å². The summed E-state index contributed by atoms with van der Waals surface area (Å²) >= 11 is 0. The van der Waals surface area contributed by atoms with E-state index >= 15 is 0 Å². The molecule has 0 aliphatic carbocycles. The van der Waals surface area contributed by atoms with Crippen LogP contribution in [0, 0.1) is 5.92 Å². The number of nitrogens with zero attached hydrogens (tertiary/aromatic N) is 2. The Morgan fingerprint density at radius 2 is 1.72 bits per heavy atom. The average Bonchev–Trinajstić information content (AvgIpc) is 2.36. The lowest BCUT2D eigenvalue weighted by molar-refractivity contribution is -0.135. The van der Waals surface area contributed by atoms with Crippen molar-refractivity contribution in [1.29, 1.82) is 0 Å². The molecule has 2 atom stereocenters. The molecule has 0 bridgehead atoms. The summed E-state index contributed by atoms with van der Waals surface area (Å²) in [6, 6.07) is 0.298. The van der Waals surface area contributed by atoms with Gasteiger partial charge < -0.3 is 10.6 Å². The second-order valence-electron chi connectivity index (χ2n) is 5.85. The van der Waals surface area contributed by atoms with Crippen LogP contribution in [0.1, 0.15) is 40.5 Å². The van der Waals surface area contributed by atoms with Gasteiger partial charge in [-0.25, -0.2) is 0 Å². The maximum atomic E-state index is 12.2. The normalized spacial score (nSPS) is 21.1. The van der Waals surface area contributed by atoms with Crippen LogP contribution in [0.25, 0.3) is 0 Å². The maximum absolute atomic E-state index is 12.2. The summed E-state index contributed by atoms with van der Waals surface area (Å²) < 4.78 is 0. The first-order valence-electron chi connectivity index (χ1n) is 7.24. The Kier molecular flexibility index (Phi) is 6.09. The molecule has 1 saturated heterocycles. The highest BCUT2D eigenvalue weighted by Crippen LogP contribution is 2.11. The minimum Gasteiger partial charge on any atom is -0.339 e. The number of carbonyl (C=O) groups excluding carboxylic acids is 1. The van der Waals surface area contributed by atoms with E-state index in [9.17, 15) is 4.79 Å². The molecule has 0 spiro atoms. The Bertz CT molecular complexity index is 260. The number of rotatable bonds is 5. The molecular weight excluding hydrogens is 226 g/mol. The monoisotopic (exact) mass is 255 g/mol. The van der Waals surface area contributed by atoms with Gasteiger partial charge in [0.15, 0.2) is 0 Å². The quantitative estimate of drug-likeness (QED) is 0.805. The molecule has 0 saturated carbocycles. The summed E-state index contributed by atoms with van der Waals surface area (Å²) in [5.74, 6) is 0.609. The van der Waals surface area contributed by atoms with Crippen molar-refractivity contribution < 1.29 is 4.79 Å². The highest BCUT2D eigenvalue weighted by molar-refractivity contribution is 5.81. The highest BCUT2D eigenvalue weighted by Gasteiger charge is 2.26. The Balaban J connectivity index is 2.40. The first kappa shape index (κ1) is 15.4. The van der Waals surface area contributed by atoms with Crippen LogP contribution in [0.4, 0.5) is 0 Å². The van der Waals surface area contributed by atoms with Gasteiger partial charge in [0.05, 0.1) is 6.04 Å². The molecule has 1 rings (SSSR count). The first-order chi connectivity index (χ1) is 8.45. The lowest BCUT2D eigenvalue weighted by Crippen LogP contribution is -2.54. The van der Waals surface area contributed by atoms with Crippen LogP contribution in [0.15, 0.2) is 0 Å². The number of hydrogen-bond acceptors (Lipinski definition) is 3. The van der Waals surface area contributed by atoms with Crippen molar-refractivity contribution in [2.45, 2.75) is 52.6 Å². The van der Waals surface area contributed by atoms with E-state index in [1.54, 1.807) is 0 Å². The van der Waals surface area contributed by atoms with Crippen molar-refractivity contribution in [3.8, 4) is 0 Å². The van der Waals surface area contributed by atoms with Gasteiger partial charge in [-0.1, -0.05) is 20.8 Å². The Hall–Kier alpha value is -0.610. The molecular formula is C14H29N3O. The van der Waals surface area contributed by atoms with Crippen LogP contribution in [0.3, 0.4) is 0 Å². The van der Waals surface area contributed by atoms with Crippen LogP contribution in [-0.2, 0) is 4.79 Å². The van der Waals surface area contributed by atoms with Gasteiger partial charge in [-0.15, -0.1) is 0 Å². The third kappa shape index (κ3) is 4.25. The molecule has 4 nitrogen and oxygen atoms in total. The first-order valence-corrected chi connectivity index (χ1v) is 7.24. The molecule has 0 radical (unpaired) electrons. The Morgan fingerprint density at radius 3 is 2.17 bits per heavy atom. The summed E-state index contributed by atoms with van der Waals surface area (Å²) in [7, 11) is 0. The van der Waals surface area contributed by atoms with Crippen molar-refractivity contribution >= 4 is 5.91 Å². The van der Waals surface area contributed by atoms with E-state index in [4.69, 9.17) is 5.73 Å². The van der Waals surface area contributed by atoms with Crippen LogP contribution in [0.5, 0.6) is 0 Å². The van der Waals surface area contributed by atoms with E-state index < -0.39 is 0 Å². The molecule has 1 unspecified atom stereocenters. The SMILES string of the molecule is CCC(C)N1CCN(C(=O)[C@@H](N)CC(C)C)CC1. The van der Waals surface area contributed by atoms with Crippen molar-refractivity contribution in [3.05, 3.63) is 0 Å². The van der Waals surface area contributed by atoms with Gasteiger partial charge >= 0.3 is 0 Å². The molecule has 0 aromatic carbocycles. The van der Waals surface area contributed by atoms with Gasteiger partial charge in [-0.3, -0.25) is 9.69 Å². The predicted molar refractivity (Wildman–Crippen MR) is 75.3 cm³/mol. The Morgan fingerprint density at radius 1 is 1.17 bits per heavy atom. The second-order valence-corrected chi connectivity index (χ2v) is 5.85. The number of piperazine rings is 1. The van der Waals surface area contributed by atoms with E-state index in [-0.39, 0.29) is 11.9 Å². The third-order valence-electron chi connectivity index (χ3n) is 3.88. The number of carbonyl (C=O) groups is 1. The van der Waals surface area contributed by atoms with Gasteiger partial charge in [0.2, 0.25) is 5.91 Å². The van der Waals surface area contributed by atoms with Crippen LogP contribution in [0.2, 0.25) is 0 Å². The molecule has 4 heteroatoms. The standard InChI is InChI=1S/C14H29N3O/c1-5-12(4)16-6-8-17(9-7-16)14(18)13(15)10-11(2)3/h11-13H,5-10,15H2,1-4H3/t12?,13-/m0/s1. The second kappa shape index (κ2) is 7.10. The molecule has 1 fully saturated rings. The predicted octanol–water partition coefficient (Wildman–Crippen LogP) is 1.30. The van der Waals surface area contributed by atoms with Crippen molar-refractivity contribution in [2.75, 3.05) is 26.2 Å². The van der Waals surface area contributed by atoms with Gasteiger partial charge in [0.1, 0.15) is 0 Å². The summed E-state index contributed by atoms with van der Waals surface area (Å²) in [5, 5.41) is 0. The van der Waals surface area contributed by atoms with Gasteiger partial charge in [-0.2, -0.15) is 0 Å². The fraction of sp³-hybridized carbons (Fsp3) is 0.929. The molecule has 1 aliphatic rings. The molecule has 1 amide bonds. The highest BCUT2D eigenvalue weighted by atomic mass is 16.2. The zero-order valence-corrected chi connectivity index (χ0v) is 12.4. The molecule has 2 N–H and O–H groups in total. The Labute approximate surface area is 111 Å². The van der Waals surface area contributed by atoms with Gasteiger partial charge in [-0.05, 0) is 25.7 Å². The summed E-state index contributed by atoms with van der Waals surface area (Å²) in [6.07, 6.45) is 1.95. The molecule has 0 aromatic heterocycles. The van der Waals surface area contributed by atoms with Crippen molar-refractivity contribution in [2.24, 2.45) is 11.7 Å². The molecule has 18 heavy (non-hydrogen) atoms. The van der Waals surface area contributed by atoms with E-state index in [0.29, 0.717) is 12.0 Å². The van der Waals surface area contributed by atoms with Gasteiger partial charge in [0.25, 0.3) is 0 Å². The minimum atomic E-state index is -0.319. The lowest BCUT2D eigenvalue weighted by Gasteiger charge is -2.38. The van der Waals surface area contributed by atoms with Crippen LogP contribution in [-0.4, -0.2) is 54.0 Å². The number of hydrogen-bond donors (Lipinski definition) is 1. The summed E-state index contributed by atoms with van der Waals surface area (Å²) in [4.78, 5) is 16.6. The van der Waals surface area contributed by atoms with E-state index in [2.05, 4.69) is 32.6 Å². The van der Waals surface area contributed by atoms with Crippen LogP contribution >= 0.6 is 0 Å². The fourth-order valence-electron chi connectivity index (χ4n) is 2.48. The molecule has 1 heterocycles. The van der Waals surface area contributed by atoms with Crippen molar-refractivity contribution in [3.63, 3.8) is 0 Å². The minimum absolute atomic E-state index is 0.132. The zero-order valence-electron chi connectivity index (χ0n) is 12.4. The van der Waals surface area contributed by atoms with Crippen LogP contribution < -0.4 is 5.73 Å². The molecule has 0 aromatic rings. The average molecular weight is 255 g/mol. The maximum Gasteiger partial charge on any atom is 0.239 e. The third-order valence-corrected chi connectivity index (χ3v) is 3.88. The summed E-state index contributed by atoms with van der Waals surface area (Å²) in [6.45, 7) is 12.3.